The quantitative estimate of drug-likeness (QED) is 0.517. The summed E-state index contributed by atoms with van der Waals surface area (Å²) in [6.07, 6.45) is 0. The average molecular weight is 205 g/mol. The predicted octanol–water partition coefficient (Wildman–Crippen LogP) is -0.950. The van der Waals surface area contributed by atoms with Crippen molar-refractivity contribution in [1.29, 1.82) is 0 Å². The van der Waals surface area contributed by atoms with E-state index in [4.69, 9.17) is 5.11 Å². The van der Waals surface area contributed by atoms with E-state index in [-0.39, 0.29) is 18.3 Å². The lowest BCUT2D eigenvalue weighted by atomic mass is 10.3. The monoisotopic (exact) mass is 205 g/mol. The Kier molecular flexibility index (Phi) is 3.02. The molecular weight excluding hydrogens is 194 g/mol. The van der Waals surface area contributed by atoms with Gasteiger partial charge in [0, 0.05) is 34.9 Å². The summed E-state index contributed by atoms with van der Waals surface area (Å²) in [4.78, 5) is 22.5. The molecule has 1 heterocycles. The molecule has 5 nitrogen and oxygen atoms in total. The van der Waals surface area contributed by atoms with Crippen LogP contribution in [0.25, 0.3) is 0 Å². The van der Waals surface area contributed by atoms with Crippen LogP contribution in [0.3, 0.4) is 0 Å². The third-order valence-electron chi connectivity index (χ3n) is 1.96. The largest absolute Gasteiger partial charge is 0.474 e. The number of carboxylic acids is 1. The number of rotatable bonds is 0. The average Bonchev–Trinajstić information content (AvgIpc) is 2.08. The molecule has 1 aliphatic rings. The molecule has 2 unspecified atom stereocenters. The van der Waals surface area contributed by atoms with Crippen LogP contribution in [0.15, 0.2) is 0 Å². The van der Waals surface area contributed by atoms with Crippen molar-refractivity contribution in [3.8, 4) is 0 Å². The van der Waals surface area contributed by atoms with Gasteiger partial charge in [0.2, 0.25) is 0 Å². The minimum absolute atomic E-state index is 0.128. The Morgan fingerprint density at radius 3 is 2.62 bits per heavy atom. The fourth-order valence-electron chi connectivity index (χ4n) is 1.21. The summed E-state index contributed by atoms with van der Waals surface area (Å²) < 4.78 is 11.2. The summed E-state index contributed by atoms with van der Waals surface area (Å²) >= 11 is 0. The molecule has 0 spiro atoms. The third kappa shape index (κ3) is 2.27. The smallest absolute Gasteiger partial charge is 0.394 e. The molecule has 1 amide bonds. The van der Waals surface area contributed by atoms with Gasteiger partial charge in [0.05, 0.1) is 0 Å². The minimum Gasteiger partial charge on any atom is -0.474 e. The number of carbonyl (C=O) groups excluding carboxylic acids is 1. The molecule has 0 bridgehead atoms. The molecule has 1 aliphatic heterocycles. The van der Waals surface area contributed by atoms with Gasteiger partial charge in [-0.2, -0.15) is 0 Å². The van der Waals surface area contributed by atoms with Crippen molar-refractivity contribution < 1.29 is 18.9 Å². The van der Waals surface area contributed by atoms with E-state index in [0.717, 1.165) is 0 Å². The van der Waals surface area contributed by atoms with E-state index in [2.05, 4.69) is 0 Å². The van der Waals surface area contributed by atoms with Gasteiger partial charge in [0.15, 0.2) is 0 Å². The zero-order valence-electron chi connectivity index (χ0n) is 7.23. The standard InChI is InChI=1S/C7H11NO4S/c1-5-4-8(2-3-13(5)12)6(9)7(10)11/h5H,2-4H2,1H3,(H,10,11). The van der Waals surface area contributed by atoms with E-state index in [9.17, 15) is 13.8 Å². The lowest BCUT2D eigenvalue weighted by Gasteiger charge is -2.28. The van der Waals surface area contributed by atoms with Crippen LogP contribution in [0.5, 0.6) is 0 Å². The molecule has 1 N–H and O–H groups in total. The molecule has 0 radical (unpaired) electrons. The van der Waals surface area contributed by atoms with Crippen molar-refractivity contribution in [2.45, 2.75) is 12.2 Å². The Hall–Kier alpha value is -0.910. The van der Waals surface area contributed by atoms with Crippen LogP contribution in [-0.4, -0.2) is 50.2 Å². The van der Waals surface area contributed by atoms with E-state index in [1.165, 1.54) is 4.90 Å². The second kappa shape index (κ2) is 3.87. The van der Waals surface area contributed by atoms with E-state index in [1.54, 1.807) is 6.92 Å². The minimum atomic E-state index is -1.44. The van der Waals surface area contributed by atoms with Gasteiger partial charge in [-0.25, -0.2) is 4.79 Å². The molecule has 0 aromatic carbocycles. The van der Waals surface area contributed by atoms with Gasteiger partial charge in [0.25, 0.3) is 0 Å². The number of carboxylic acid groups (broad SMARTS) is 1. The number of carbonyl (C=O) groups is 2. The molecule has 0 aliphatic carbocycles. The fourth-order valence-corrected chi connectivity index (χ4v) is 2.35. The highest BCUT2D eigenvalue weighted by atomic mass is 32.2. The van der Waals surface area contributed by atoms with Gasteiger partial charge in [-0.3, -0.25) is 9.00 Å². The Labute approximate surface area is 78.2 Å². The van der Waals surface area contributed by atoms with Crippen molar-refractivity contribution >= 4 is 22.7 Å². The summed E-state index contributed by atoms with van der Waals surface area (Å²) in [5, 5.41) is 8.29. The number of nitrogens with zero attached hydrogens (tertiary/aromatic N) is 1. The van der Waals surface area contributed by atoms with Crippen molar-refractivity contribution in [2.24, 2.45) is 0 Å². The van der Waals surface area contributed by atoms with E-state index < -0.39 is 22.7 Å². The van der Waals surface area contributed by atoms with Gasteiger partial charge in [-0.1, -0.05) is 0 Å². The Morgan fingerprint density at radius 2 is 2.15 bits per heavy atom. The second-order valence-electron chi connectivity index (χ2n) is 2.95. The molecule has 6 heteroatoms. The Morgan fingerprint density at radius 1 is 1.54 bits per heavy atom. The molecule has 74 valence electrons. The van der Waals surface area contributed by atoms with Crippen LogP contribution >= 0.6 is 0 Å². The molecule has 0 aromatic rings. The maximum absolute atomic E-state index is 11.2. The van der Waals surface area contributed by atoms with Gasteiger partial charge < -0.3 is 10.0 Å². The maximum atomic E-state index is 11.2. The Balaban J connectivity index is 2.60. The summed E-state index contributed by atoms with van der Waals surface area (Å²) in [5.41, 5.74) is 0. The predicted molar refractivity (Wildman–Crippen MR) is 46.7 cm³/mol. The van der Waals surface area contributed by atoms with Gasteiger partial charge in [-0.05, 0) is 6.92 Å². The molecule has 1 fully saturated rings. The number of hydrogen-bond donors (Lipinski definition) is 1. The highest BCUT2D eigenvalue weighted by molar-refractivity contribution is 7.85. The first-order chi connectivity index (χ1) is 6.02. The summed E-state index contributed by atoms with van der Waals surface area (Å²) in [5.74, 6) is -1.97. The Bertz CT molecular complexity index is 265. The van der Waals surface area contributed by atoms with Crippen LogP contribution < -0.4 is 0 Å². The van der Waals surface area contributed by atoms with Crippen molar-refractivity contribution in [3.63, 3.8) is 0 Å². The van der Waals surface area contributed by atoms with Crippen LogP contribution in [0.1, 0.15) is 6.92 Å². The fraction of sp³-hybridized carbons (Fsp3) is 0.714. The van der Waals surface area contributed by atoms with Gasteiger partial charge in [-0.15, -0.1) is 0 Å². The van der Waals surface area contributed by atoms with Crippen LogP contribution in [-0.2, 0) is 20.4 Å². The van der Waals surface area contributed by atoms with Crippen molar-refractivity contribution in [3.05, 3.63) is 0 Å². The summed E-state index contributed by atoms with van der Waals surface area (Å²) in [6.45, 7) is 2.30. The highest BCUT2D eigenvalue weighted by Crippen LogP contribution is 2.07. The molecule has 1 rings (SSSR count). The molecular formula is C7H11NO4S. The molecule has 1 saturated heterocycles. The first-order valence-corrected chi connectivity index (χ1v) is 5.30. The summed E-state index contributed by atoms with van der Waals surface area (Å²) in [7, 11) is -0.922. The molecule has 13 heavy (non-hydrogen) atoms. The highest BCUT2D eigenvalue weighted by Gasteiger charge is 2.28. The SMILES string of the molecule is CC1CN(C(=O)C(=O)O)CCS1=O. The van der Waals surface area contributed by atoms with E-state index >= 15 is 0 Å². The lowest BCUT2D eigenvalue weighted by Crippen LogP contribution is -2.48. The van der Waals surface area contributed by atoms with Gasteiger partial charge in [0.1, 0.15) is 0 Å². The third-order valence-corrected chi connectivity index (χ3v) is 3.59. The van der Waals surface area contributed by atoms with Crippen LogP contribution in [0.2, 0.25) is 0 Å². The molecule has 0 saturated carbocycles. The number of amides is 1. The lowest BCUT2D eigenvalue weighted by molar-refractivity contribution is -0.155. The molecule has 2 atom stereocenters. The zero-order chi connectivity index (χ0) is 10.0. The van der Waals surface area contributed by atoms with Crippen molar-refractivity contribution in [2.75, 3.05) is 18.8 Å². The van der Waals surface area contributed by atoms with Gasteiger partial charge >= 0.3 is 11.9 Å². The number of aliphatic carboxylic acids is 1. The maximum Gasteiger partial charge on any atom is 0.394 e. The molecule has 0 aromatic heterocycles. The zero-order valence-corrected chi connectivity index (χ0v) is 8.04. The van der Waals surface area contributed by atoms with Crippen LogP contribution in [0.4, 0.5) is 0 Å². The topological polar surface area (TPSA) is 74.7 Å². The van der Waals surface area contributed by atoms with Crippen LogP contribution in [0, 0.1) is 0 Å². The van der Waals surface area contributed by atoms with E-state index in [1.807, 2.05) is 0 Å². The normalized spacial score (nSPS) is 28.5. The van der Waals surface area contributed by atoms with Crippen molar-refractivity contribution in [1.82, 2.24) is 4.90 Å². The second-order valence-corrected chi connectivity index (χ2v) is 4.93. The summed E-state index contributed by atoms with van der Waals surface area (Å²) in [6, 6.07) is 0. The first kappa shape index (κ1) is 10.2. The van der Waals surface area contributed by atoms with E-state index in [0.29, 0.717) is 5.75 Å². The number of hydrogen-bond acceptors (Lipinski definition) is 3. The first-order valence-electron chi connectivity index (χ1n) is 3.91.